The maximum atomic E-state index is 8.79. The number of nitriles is 1. The van der Waals surface area contributed by atoms with Crippen molar-refractivity contribution in [2.24, 2.45) is 0 Å². The van der Waals surface area contributed by atoms with Crippen LogP contribution in [-0.2, 0) is 0 Å². The lowest BCUT2D eigenvalue weighted by Gasteiger charge is -2.16. The van der Waals surface area contributed by atoms with E-state index < -0.39 is 0 Å². The number of aromatic nitrogens is 3. The Labute approximate surface area is 128 Å². The highest BCUT2D eigenvalue weighted by Gasteiger charge is 2.07. The molecule has 1 atom stereocenters. The Balaban J connectivity index is 1.78. The number of pyridine rings is 1. The highest BCUT2D eigenvalue weighted by atomic mass is 15.3. The van der Waals surface area contributed by atoms with Gasteiger partial charge in [-0.2, -0.15) is 10.4 Å². The molecule has 2 aromatic heterocycles. The maximum Gasteiger partial charge on any atom is 0.126 e. The van der Waals surface area contributed by atoms with Crippen molar-refractivity contribution >= 4 is 5.82 Å². The van der Waals surface area contributed by atoms with Gasteiger partial charge in [0, 0.05) is 18.6 Å². The van der Waals surface area contributed by atoms with Crippen LogP contribution in [-0.4, -0.2) is 14.8 Å². The zero-order chi connectivity index (χ0) is 15.4. The molecule has 0 radical (unpaired) electrons. The van der Waals surface area contributed by atoms with Gasteiger partial charge in [0.2, 0.25) is 0 Å². The van der Waals surface area contributed by atoms with Crippen molar-refractivity contribution in [3.8, 4) is 11.8 Å². The minimum absolute atomic E-state index is 0.0935. The molecule has 5 nitrogen and oxygen atoms in total. The Morgan fingerprint density at radius 1 is 1.23 bits per heavy atom. The SMILES string of the molecule is CC(Nc1ccc(C#N)cn1)c1cccc(-n2cccn2)c1. The first-order chi connectivity index (χ1) is 10.8. The third-order valence-corrected chi connectivity index (χ3v) is 3.40. The van der Waals surface area contributed by atoms with Crippen LogP contribution in [0.25, 0.3) is 5.69 Å². The topological polar surface area (TPSA) is 66.5 Å². The molecule has 0 spiro atoms. The second-order valence-corrected chi connectivity index (χ2v) is 4.96. The van der Waals surface area contributed by atoms with Crippen molar-refractivity contribution in [1.29, 1.82) is 5.26 Å². The molecule has 3 aromatic rings. The van der Waals surface area contributed by atoms with E-state index in [4.69, 9.17) is 5.26 Å². The fraction of sp³-hybridized carbons (Fsp3) is 0.118. The van der Waals surface area contributed by atoms with Crippen LogP contribution in [0.3, 0.4) is 0 Å². The van der Waals surface area contributed by atoms with Gasteiger partial charge in [0.05, 0.1) is 17.3 Å². The third-order valence-electron chi connectivity index (χ3n) is 3.40. The highest BCUT2D eigenvalue weighted by molar-refractivity contribution is 5.43. The van der Waals surface area contributed by atoms with E-state index in [0.29, 0.717) is 5.56 Å². The van der Waals surface area contributed by atoms with E-state index in [1.54, 1.807) is 18.5 Å². The van der Waals surface area contributed by atoms with Crippen molar-refractivity contribution in [2.45, 2.75) is 13.0 Å². The fourth-order valence-electron chi connectivity index (χ4n) is 2.21. The van der Waals surface area contributed by atoms with Crippen molar-refractivity contribution in [3.63, 3.8) is 0 Å². The summed E-state index contributed by atoms with van der Waals surface area (Å²) in [5.41, 5.74) is 2.71. The quantitative estimate of drug-likeness (QED) is 0.800. The molecular formula is C17H15N5. The van der Waals surface area contributed by atoms with Gasteiger partial charge in [0.15, 0.2) is 0 Å². The lowest BCUT2D eigenvalue weighted by molar-refractivity contribution is 0.850. The first kappa shape index (κ1) is 13.8. The summed E-state index contributed by atoms with van der Waals surface area (Å²) in [5.74, 6) is 0.746. The molecule has 2 heterocycles. The molecule has 0 aliphatic carbocycles. The van der Waals surface area contributed by atoms with Gasteiger partial charge < -0.3 is 5.32 Å². The molecule has 0 saturated carbocycles. The van der Waals surface area contributed by atoms with Crippen molar-refractivity contribution in [2.75, 3.05) is 5.32 Å². The van der Waals surface area contributed by atoms with Crippen LogP contribution < -0.4 is 5.32 Å². The fourth-order valence-corrected chi connectivity index (χ4v) is 2.21. The van der Waals surface area contributed by atoms with Gasteiger partial charge in [0.1, 0.15) is 11.9 Å². The lowest BCUT2D eigenvalue weighted by Crippen LogP contribution is -2.08. The summed E-state index contributed by atoms with van der Waals surface area (Å²) < 4.78 is 1.83. The highest BCUT2D eigenvalue weighted by Crippen LogP contribution is 2.20. The Morgan fingerprint density at radius 2 is 2.14 bits per heavy atom. The van der Waals surface area contributed by atoms with Gasteiger partial charge in [0.25, 0.3) is 0 Å². The van der Waals surface area contributed by atoms with E-state index in [1.807, 2.05) is 35.1 Å². The van der Waals surface area contributed by atoms with Gasteiger partial charge in [-0.25, -0.2) is 9.67 Å². The number of rotatable bonds is 4. The molecule has 5 heteroatoms. The number of hydrogen-bond acceptors (Lipinski definition) is 4. The van der Waals surface area contributed by atoms with Gasteiger partial charge in [-0.1, -0.05) is 12.1 Å². The van der Waals surface area contributed by atoms with Crippen LogP contribution in [0.15, 0.2) is 61.1 Å². The minimum atomic E-state index is 0.0935. The second-order valence-electron chi connectivity index (χ2n) is 4.96. The number of nitrogens with one attached hydrogen (secondary N) is 1. The van der Waals surface area contributed by atoms with Crippen LogP contribution in [0.2, 0.25) is 0 Å². The van der Waals surface area contributed by atoms with Gasteiger partial charge >= 0.3 is 0 Å². The molecule has 0 saturated heterocycles. The molecule has 0 fully saturated rings. The Kier molecular flexibility index (Phi) is 3.84. The second kappa shape index (κ2) is 6.10. The minimum Gasteiger partial charge on any atom is -0.364 e. The van der Waals surface area contributed by atoms with E-state index in [1.165, 1.54) is 0 Å². The van der Waals surface area contributed by atoms with Crippen LogP contribution in [0, 0.1) is 11.3 Å². The lowest BCUT2D eigenvalue weighted by atomic mass is 10.1. The number of benzene rings is 1. The first-order valence-electron chi connectivity index (χ1n) is 6.99. The molecule has 0 amide bonds. The van der Waals surface area contributed by atoms with Crippen LogP contribution in [0.4, 0.5) is 5.82 Å². The predicted molar refractivity (Wildman–Crippen MR) is 84.6 cm³/mol. The Hall–Kier alpha value is -3.13. The molecule has 22 heavy (non-hydrogen) atoms. The standard InChI is InChI=1S/C17H15N5/c1-13(21-17-7-6-14(11-18)12-19-17)15-4-2-5-16(10-15)22-9-3-8-20-22/h2-10,12-13H,1H3,(H,19,21). The third kappa shape index (κ3) is 2.96. The van der Waals surface area contributed by atoms with Crippen LogP contribution >= 0.6 is 0 Å². The largest absolute Gasteiger partial charge is 0.364 e. The average Bonchev–Trinajstić information content (AvgIpc) is 3.10. The van der Waals surface area contributed by atoms with Crippen molar-refractivity contribution < 1.29 is 0 Å². The number of hydrogen-bond donors (Lipinski definition) is 1. The zero-order valence-corrected chi connectivity index (χ0v) is 12.1. The molecule has 0 aliphatic heterocycles. The van der Waals surface area contributed by atoms with Gasteiger partial charge in [-0.3, -0.25) is 0 Å². The average molecular weight is 289 g/mol. The molecule has 1 aromatic carbocycles. The normalized spacial score (nSPS) is 11.6. The molecular weight excluding hydrogens is 274 g/mol. The maximum absolute atomic E-state index is 8.79. The van der Waals surface area contributed by atoms with Gasteiger partial charge in [-0.15, -0.1) is 0 Å². The Bertz CT molecular complexity index is 785. The van der Waals surface area contributed by atoms with E-state index in [-0.39, 0.29) is 6.04 Å². The van der Waals surface area contributed by atoms with Crippen molar-refractivity contribution in [1.82, 2.24) is 14.8 Å². The van der Waals surface area contributed by atoms with Crippen LogP contribution in [0.1, 0.15) is 24.1 Å². The smallest absolute Gasteiger partial charge is 0.126 e. The number of anilines is 1. The number of nitrogens with zero attached hydrogens (tertiary/aromatic N) is 4. The molecule has 0 aliphatic rings. The molecule has 0 bridgehead atoms. The van der Waals surface area contributed by atoms with E-state index in [9.17, 15) is 0 Å². The first-order valence-corrected chi connectivity index (χ1v) is 6.99. The molecule has 1 N–H and O–H groups in total. The van der Waals surface area contributed by atoms with Crippen molar-refractivity contribution in [3.05, 3.63) is 72.2 Å². The zero-order valence-electron chi connectivity index (χ0n) is 12.1. The summed E-state index contributed by atoms with van der Waals surface area (Å²) in [4.78, 5) is 4.24. The van der Waals surface area contributed by atoms with E-state index >= 15 is 0 Å². The summed E-state index contributed by atoms with van der Waals surface area (Å²) in [6.45, 7) is 2.07. The van der Waals surface area contributed by atoms with Crippen LogP contribution in [0.5, 0.6) is 0 Å². The summed E-state index contributed by atoms with van der Waals surface area (Å²) in [5, 5.41) is 16.4. The monoisotopic (exact) mass is 289 g/mol. The van der Waals surface area contributed by atoms with E-state index in [0.717, 1.165) is 17.1 Å². The summed E-state index contributed by atoms with van der Waals surface area (Å²) in [6, 6.07) is 15.8. The Morgan fingerprint density at radius 3 is 2.82 bits per heavy atom. The predicted octanol–water partition coefficient (Wildman–Crippen LogP) is 3.31. The summed E-state index contributed by atoms with van der Waals surface area (Å²) in [6.07, 6.45) is 5.24. The molecule has 3 rings (SSSR count). The van der Waals surface area contributed by atoms with Gasteiger partial charge in [-0.05, 0) is 42.8 Å². The summed E-state index contributed by atoms with van der Waals surface area (Å²) in [7, 11) is 0. The van der Waals surface area contributed by atoms with E-state index in [2.05, 4.69) is 40.5 Å². The molecule has 1 unspecified atom stereocenters. The molecule has 108 valence electrons. The summed E-state index contributed by atoms with van der Waals surface area (Å²) >= 11 is 0.